The second-order valence-corrected chi connectivity index (χ2v) is 4.39. The summed E-state index contributed by atoms with van der Waals surface area (Å²) >= 11 is 5.06. The number of rotatable bonds is 5. The second-order valence-electron chi connectivity index (χ2n) is 3.95. The molecule has 90 valence electrons. The smallest absolute Gasteiger partial charge is 0.134 e. The van der Waals surface area contributed by atoms with Gasteiger partial charge in [-0.25, -0.2) is 0 Å². The minimum Gasteiger partial charge on any atom is -0.389 e. The van der Waals surface area contributed by atoms with E-state index in [0.717, 1.165) is 29.9 Å². The van der Waals surface area contributed by atoms with Gasteiger partial charge >= 0.3 is 0 Å². The largest absolute Gasteiger partial charge is 0.389 e. The van der Waals surface area contributed by atoms with Gasteiger partial charge in [0.1, 0.15) is 10.8 Å². The lowest BCUT2D eigenvalue weighted by molar-refractivity contribution is 0.653. The minimum atomic E-state index is 0.402. The van der Waals surface area contributed by atoms with Crippen molar-refractivity contribution in [3.05, 3.63) is 11.3 Å². The predicted octanol–water partition coefficient (Wildman–Crippen LogP) is 1.96. The molecule has 0 radical (unpaired) electrons. The summed E-state index contributed by atoms with van der Waals surface area (Å²) in [5.74, 6) is 0.929. The molecule has 0 aliphatic carbocycles. The molecule has 0 saturated carbocycles. The van der Waals surface area contributed by atoms with Gasteiger partial charge in [0.05, 0.1) is 11.3 Å². The topological polar surface area (TPSA) is 55.9 Å². The zero-order valence-electron chi connectivity index (χ0n) is 10.4. The molecule has 16 heavy (non-hydrogen) atoms. The van der Waals surface area contributed by atoms with Crippen molar-refractivity contribution >= 4 is 23.0 Å². The molecule has 0 aromatic carbocycles. The number of hydrogen-bond acceptors (Lipinski definition) is 3. The van der Waals surface area contributed by atoms with Crippen LogP contribution in [0.3, 0.4) is 0 Å². The monoisotopic (exact) mass is 240 g/mol. The molecule has 0 spiro atoms. The Morgan fingerprint density at radius 3 is 2.50 bits per heavy atom. The van der Waals surface area contributed by atoms with Crippen LogP contribution in [-0.4, -0.2) is 20.8 Å². The molecule has 0 amide bonds. The summed E-state index contributed by atoms with van der Waals surface area (Å²) < 4.78 is 1.81. The van der Waals surface area contributed by atoms with Crippen molar-refractivity contribution < 1.29 is 0 Å². The number of nitrogens with one attached hydrogen (secondary N) is 1. The fraction of sp³-hybridized carbons (Fsp3) is 0.636. The van der Waals surface area contributed by atoms with E-state index in [2.05, 4.69) is 24.3 Å². The Morgan fingerprint density at radius 2 is 2.06 bits per heavy atom. The van der Waals surface area contributed by atoms with Gasteiger partial charge in [0, 0.05) is 13.1 Å². The number of thiocarbonyl (C=S) groups is 1. The first kappa shape index (κ1) is 13.0. The molecule has 0 aliphatic heterocycles. The molecule has 1 heterocycles. The van der Waals surface area contributed by atoms with Gasteiger partial charge in [-0.05, 0) is 19.8 Å². The van der Waals surface area contributed by atoms with Gasteiger partial charge < -0.3 is 11.1 Å². The van der Waals surface area contributed by atoms with E-state index in [4.69, 9.17) is 18.0 Å². The quantitative estimate of drug-likeness (QED) is 0.773. The lowest BCUT2D eigenvalue weighted by Gasteiger charge is -2.17. The maximum Gasteiger partial charge on any atom is 0.134 e. The molecule has 1 aromatic heterocycles. The summed E-state index contributed by atoms with van der Waals surface area (Å²) in [5, 5.41) is 7.79. The SMILES string of the molecule is CCC(CC)Nc1c(C(N)=S)c(C)nn1C. The molecule has 5 heteroatoms. The second kappa shape index (κ2) is 5.30. The third kappa shape index (κ3) is 2.52. The van der Waals surface area contributed by atoms with Gasteiger partial charge in [0.2, 0.25) is 0 Å². The molecular weight excluding hydrogens is 220 g/mol. The highest BCUT2D eigenvalue weighted by Crippen LogP contribution is 2.20. The number of anilines is 1. The highest BCUT2D eigenvalue weighted by atomic mass is 32.1. The molecule has 0 atom stereocenters. The summed E-state index contributed by atoms with van der Waals surface area (Å²) in [7, 11) is 1.90. The summed E-state index contributed by atoms with van der Waals surface area (Å²) in [6.45, 7) is 6.24. The van der Waals surface area contributed by atoms with Crippen LogP contribution in [0.15, 0.2) is 0 Å². The normalized spacial score (nSPS) is 10.8. The van der Waals surface area contributed by atoms with Crippen molar-refractivity contribution in [2.75, 3.05) is 5.32 Å². The van der Waals surface area contributed by atoms with Crippen molar-refractivity contribution in [1.82, 2.24) is 9.78 Å². The van der Waals surface area contributed by atoms with E-state index in [1.54, 1.807) is 0 Å². The van der Waals surface area contributed by atoms with E-state index in [9.17, 15) is 0 Å². The van der Waals surface area contributed by atoms with E-state index < -0.39 is 0 Å². The fourth-order valence-corrected chi connectivity index (χ4v) is 2.05. The van der Waals surface area contributed by atoms with Crippen molar-refractivity contribution in [3.63, 3.8) is 0 Å². The third-order valence-electron chi connectivity index (χ3n) is 2.80. The van der Waals surface area contributed by atoms with Crippen LogP contribution in [0.5, 0.6) is 0 Å². The van der Waals surface area contributed by atoms with Crippen LogP contribution < -0.4 is 11.1 Å². The maximum atomic E-state index is 5.73. The van der Waals surface area contributed by atoms with Crippen LogP contribution in [0.25, 0.3) is 0 Å². The van der Waals surface area contributed by atoms with Crippen LogP contribution in [0.2, 0.25) is 0 Å². The standard InChI is InChI=1S/C11H20N4S/c1-5-8(6-2)13-11-9(10(12)16)7(3)14-15(11)4/h8,13H,5-6H2,1-4H3,(H2,12,16). The highest BCUT2D eigenvalue weighted by Gasteiger charge is 2.17. The Bertz CT molecular complexity index is 380. The Balaban J connectivity index is 3.07. The van der Waals surface area contributed by atoms with E-state index in [-0.39, 0.29) is 0 Å². The number of aromatic nitrogens is 2. The molecule has 0 saturated heterocycles. The third-order valence-corrected chi connectivity index (χ3v) is 3.00. The summed E-state index contributed by atoms with van der Waals surface area (Å²) in [5.41, 5.74) is 7.47. The van der Waals surface area contributed by atoms with Gasteiger partial charge in [0.25, 0.3) is 0 Å². The molecular formula is C11H20N4S. The Kier molecular flexibility index (Phi) is 4.29. The van der Waals surface area contributed by atoms with Crippen LogP contribution in [0, 0.1) is 6.92 Å². The number of nitrogens with zero attached hydrogens (tertiary/aromatic N) is 2. The molecule has 0 fully saturated rings. The van der Waals surface area contributed by atoms with Crippen molar-refractivity contribution in [1.29, 1.82) is 0 Å². The number of hydrogen-bond donors (Lipinski definition) is 2. The van der Waals surface area contributed by atoms with Crippen LogP contribution in [0.1, 0.15) is 37.9 Å². The van der Waals surface area contributed by atoms with Crippen molar-refractivity contribution in [2.45, 2.75) is 39.7 Å². The molecule has 3 N–H and O–H groups in total. The van der Waals surface area contributed by atoms with Crippen LogP contribution in [-0.2, 0) is 7.05 Å². The van der Waals surface area contributed by atoms with Gasteiger partial charge in [-0.15, -0.1) is 0 Å². The molecule has 0 aliphatic rings. The van der Waals surface area contributed by atoms with Gasteiger partial charge in [-0.2, -0.15) is 5.10 Å². The Hall–Kier alpha value is -1.10. The number of aryl methyl sites for hydroxylation is 2. The van der Waals surface area contributed by atoms with Gasteiger partial charge in [-0.3, -0.25) is 4.68 Å². The average Bonchev–Trinajstić information content (AvgIpc) is 2.49. The first-order valence-corrected chi connectivity index (χ1v) is 6.01. The van der Waals surface area contributed by atoms with Crippen molar-refractivity contribution in [3.8, 4) is 0 Å². The zero-order chi connectivity index (χ0) is 12.3. The molecule has 0 bridgehead atoms. The molecule has 1 rings (SSSR count). The summed E-state index contributed by atoms with van der Waals surface area (Å²) in [6, 6.07) is 0.433. The number of nitrogens with two attached hydrogens (primary N) is 1. The molecule has 4 nitrogen and oxygen atoms in total. The van der Waals surface area contributed by atoms with Crippen molar-refractivity contribution in [2.24, 2.45) is 12.8 Å². The fourth-order valence-electron chi connectivity index (χ4n) is 1.80. The van der Waals surface area contributed by atoms with E-state index in [0.29, 0.717) is 11.0 Å². The minimum absolute atomic E-state index is 0.402. The lowest BCUT2D eigenvalue weighted by Crippen LogP contribution is -2.22. The zero-order valence-corrected chi connectivity index (χ0v) is 11.2. The van der Waals surface area contributed by atoms with Gasteiger partial charge in [0.15, 0.2) is 0 Å². The lowest BCUT2D eigenvalue weighted by atomic mass is 10.1. The summed E-state index contributed by atoms with van der Waals surface area (Å²) in [6.07, 6.45) is 2.13. The maximum absolute atomic E-state index is 5.73. The average molecular weight is 240 g/mol. The van der Waals surface area contributed by atoms with E-state index in [1.165, 1.54) is 0 Å². The highest BCUT2D eigenvalue weighted by molar-refractivity contribution is 7.80. The Labute approximate surface area is 102 Å². The predicted molar refractivity (Wildman–Crippen MR) is 71.8 cm³/mol. The van der Waals surface area contributed by atoms with E-state index >= 15 is 0 Å². The van der Waals surface area contributed by atoms with Gasteiger partial charge in [-0.1, -0.05) is 26.1 Å². The Morgan fingerprint density at radius 1 is 1.50 bits per heavy atom. The van der Waals surface area contributed by atoms with E-state index in [1.807, 2.05) is 18.7 Å². The van der Waals surface area contributed by atoms with Crippen LogP contribution in [0.4, 0.5) is 5.82 Å². The first-order chi connectivity index (χ1) is 7.51. The van der Waals surface area contributed by atoms with Crippen LogP contribution >= 0.6 is 12.2 Å². The summed E-state index contributed by atoms with van der Waals surface area (Å²) in [4.78, 5) is 0.402. The molecule has 0 unspecified atom stereocenters. The first-order valence-electron chi connectivity index (χ1n) is 5.61. The molecule has 1 aromatic rings.